The van der Waals surface area contributed by atoms with Gasteiger partial charge in [0.25, 0.3) is 5.91 Å². The smallest absolute Gasteiger partial charge is 0.251 e. The van der Waals surface area contributed by atoms with Crippen LogP contribution in [0.1, 0.15) is 68.1 Å². The molecule has 0 aliphatic heterocycles. The van der Waals surface area contributed by atoms with E-state index in [0.717, 1.165) is 66.6 Å². The Morgan fingerprint density at radius 1 is 0.875 bits per heavy atom. The standard InChI is InChI=1S/C26H30N4O2/c31-25(18-6-2-1-3-7-18)28-21-14-15-22-23(16-21)30-24(29-22)17-10-12-19(13-11-17)26(32)27-20-8-4-5-9-20/h10-16,18,20H,1-9H2,(H,27,32)(H,28,31)(H,29,30). The van der Waals surface area contributed by atoms with Crippen LogP contribution in [-0.2, 0) is 4.79 Å². The Labute approximate surface area is 188 Å². The van der Waals surface area contributed by atoms with Gasteiger partial charge in [-0.05, 0) is 56.0 Å². The molecule has 166 valence electrons. The Morgan fingerprint density at radius 2 is 1.59 bits per heavy atom. The maximum Gasteiger partial charge on any atom is 0.251 e. The van der Waals surface area contributed by atoms with Crippen LogP contribution in [0.5, 0.6) is 0 Å². The second-order valence-corrected chi connectivity index (χ2v) is 9.17. The van der Waals surface area contributed by atoms with E-state index in [2.05, 4.69) is 20.6 Å². The molecule has 0 spiro atoms. The molecule has 1 heterocycles. The number of carbonyl (C=O) groups excluding carboxylic acids is 2. The first-order valence-electron chi connectivity index (χ1n) is 11.9. The molecule has 2 aliphatic rings. The molecule has 0 bridgehead atoms. The van der Waals surface area contributed by atoms with E-state index in [1.54, 1.807) is 0 Å². The van der Waals surface area contributed by atoms with Crippen molar-refractivity contribution in [1.82, 2.24) is 15.3 Å². The number of benzene rings is 2. The van der Waals surface area contributed by atoms with Gasteiger partial charge >= 0.3 is 0 Å². The fourth-order valence-corrected chi connectivity index (χ4v) is 4.95. The Kier molecular flexibility index (Phi) is 5.93. The van der Waals surface area contributed by atoms with Crippen molar-refractivity contribution in [3.63, 3.8) is 0 Å². The zero-order chi connectivity index (χ0) is 21.9. The molecule has 32 heavy (non-hydrogen) atoms. The van der Waals surface area contributed by atoms with E-state index >= 15 is 0 Å². The minimum atomic E-state index is -0.00796. The third-order valence-corrected chi connectivity index (χ3v) is 6.84. The lowest BCUT2D eigenvalue weighted by molar-refractivity contribution is -0.120. The first kappa shape index (κ1) is 20.7. The number of carbonyl (C=O) groups is 2. The van der Waals surface area contributed by atoms with Crippen molar-refractivity contribution in [1.29, 1.82) is 0 Å². The molecule has 0 unspecified atom stereocenters. The number of hydrogen-bond donors (Lipinski definition) is 3. The largest absolute Gasteiger partial charge is 0.349 e. The lowest BCUT2D eigenvalue weighted by atomic mass is 9.88. The third-order valence-electron chi connectivity index (χ3n) is 6.84. The summed E-state index contributed by atoms with van der Waals surface area (Å²) in [5, 5.41) is 6.20. The summed E-state index contributed by atoms with van der Waals surface area (Å²) < 4.78 is 0. The Balaban J connectivity index is 1.28. The van der Waals surface area contributed by atoms with E-state index in [1.807, 2.05) is 42.5 Å². The molecule has 3 aromatic rings. The summed E-state index contributed by atoms with van der Waals surface area (Å²) in [5.74, 6) is 0.987. The average Bonchev–Trinajstić information content (AvgIpc) is 3.49. The first-order chi connectivity index (χ1) is 15.7. The molecule has 0 saturated heterocycles. The number of aromatic nitrogens is 2. The van der Waals surface area contributed by atoms with Gasteiger partial charge in [0.1, 0.15) is 5.82 Å². The van der Waals surface area contributed by atoms with Crippen LogP contribution in [0.3, 0.4) is 0 Å². The highest BCUT2D eigenvalue weighted by atomic mass is 16.2. The molecule has 3 N–H and O–H groups in total. The maximum absolute atomic E-state index is 12.6. The van der Waals surface area contributed by atoms with Gasteiger partial charge in [0.2, 0.25) is 5.91 Å². The van der Waals surface area contributed by atoms with Gasteiger partial charge in [-0.15, -0.1) is 0 Å². The fraction of sp³-hybridized carbons (Fsp3) is 0.423. The van der Waals surface area contributed by atoms with E-state index in [1.165, 1.54) is 19.3 Å². The van der Waals surface area contributed by atoms with Crippen molar-refractivity contribution in [2.45, 2.75) is 63.8 Å². The lowest BCUT2D eigenvalue weighted by Gasteiger charge is -2.20. The second kappa shape index (κ2) is 9.15. The summed E-state index contributed by atoms with van der Waals surface area (Å²) in [7, 11) is 0. The molecule has 1 aromatic heterocycles. The Morgan fingerprint density at radius 3 is 2.34 bits per heavy atom. The van der Waals surface area contributed by atoms with Crippen LogP contribution < -0.4 is 10.6 Å². The molecule has 0 radical (unpaired) electrons. The first-order valence-corrected chi connectivity index (χ1v) is 11.9. The van der Waals surface area contributed by atoms with Gasteiger partial charge in [0.15, 0.2) is 0 Å². The topological polar surface area (TPSA) is 86.9 Å². The molecule has 2 aromatic carbocycles. The number of H-pyrrole nitrogens is 1. The molecular formula is C26H30N4O2. The normalized spacial score (nSPS) is 17.5. The molecule has 6 nitrogen and oxygen atoms in total. The molecule has 2 fully saturated rings. The zero-order valence-corrected chi connectivity index (χ0v) is 18.3. The summed E-state index contributed by atoms with van der Waals surface area (Å²) in [6.45, 7) is 0. The van der Waals surface area contributed by atoms with Crippen molar-refractivity contribution >= 4 is 28.5 Å². The second-order valence-electron chi connectivity index (χ2n) is 9.17. The Bertz CT molecular complexity index is 1110. The summed E-state index contributed by atoms with van der Waals surface area (Å²) in [6.07, 6.45) is 10.0. The highest BCUT2D eigenvalue weighted by Gasteiger charge is 2.21. The molecule has 2 amide bonds. The summed E-state index contributed by atoms with van der Waals surface area (Å²) >= 11 is 0. The number of nitrogens with zero attached hydrogens (tertiary/aromatic N) is 1. The van der Waals surface area contributed by atoms with Crippen LogP contribution in [0.4, 0.5) is 5.69 Å². The van der Waals surface area contributed by atoms with Gasteiger partial charge in [0, 0.05) is 28.8 Å². The lowest BCUT2D eigenvalue weighted by Crippen LogP contribution is -2.32. The number of anilines is 1. The van der Waals surface area contributed by atoms with Crippen LogP contribution in [-0.4, -0.2) is 27.8 Å². The van der Waals surface area contributed by atoms with E-state index in [0.29, 0.717) is 11.6 Å². The SMILES string of the molecule is O=C(NC1CCCC1)c1ccc(-c2nc3ccc(NC(=O)C4CCCCC4)cc3[nH]2)cc1. The van der Waals surface area contributed by atoms with Gasteiger partial charge in [-0.25, -0.2) is 4.98 Å². The highest BCUT2D eigenvalue weighted by molar-refractivity contribution is 5.96. The van der Waals surface area contributed by atoms with Gasteiger partial charge in [-0.3, -0.25) is 9.59 Å². The number of imidazole rings is 1. The number of nitrogens with one attached hydrogen (secondary N) is 3. The minimum absolute atomic E-state index is 0.00796. The van der Waals surface area contributed by atoms with Crippen LogP contribution in [0.15, 0.2) is 42.5 Å². The molecule has 2 saturated carbocycles. The Hall–Kier alpha value is -3.15. The van der Waals surface area contributed by atoms with E-state index < -0.39 is 0 Å². The van der Waals surface area contributed by atoms with Crippen molar-refractivity contribution in [2.75, 3.05) is 5.32 Å². The van der Waals surface area contributed by atoms with Crippen LogP contribution in [0.25, 0.3) is 22.4 Å². The fourth-order valence-electron chi connectivity index (χ4n) is 4.95. The van der Waals surface area contributed by atoms with E-state index in [9.17, 15) is 9.59 Å². The van der Waals surface area contributed by atoms with Crippen molar-refractivity contribution in [3.05, 3.63) is 48.0 Å². The number of rotatable bonds is 5. The van der Waals surface area contributed by atoms with Gasteiger partial charge < -0.3 is 15.6 Å². The number of aromatic amines is 1. The molecule has 2 aliphatic carbocycles. The van der Waals surface area contributed by atoms with Crippen LogP contribution in [0, 0.1) is 5.92 Å². The number of fused-ring (bicyclic) bond motifs is 1. The van der Waals surface area contributed by atoms with Crippen molar-refractivity contribution in [2.24, 2.45) is 5.92 Å². The summed E-state index contributed by atoms with van der Waals surface area (Å²) in [5.41, 5.74) is 4.11. The quantitative estimate of drug-likeness (QED) is 0.505. The van der Waals surface area contributed by atoms with Crippen LogP contribution >= 0.6 is 0 Å². The van der Waals surface area contributed by atoms with Gasteiger partial charge in [-0.2, -0.15) is 0 Å². The van der Waals surface area contributed by atoms with E-state index in [4.69, 9.17) is 0 Å². The van der Waals surface area contributed by atoms with Crippen LogP contribution in [0.2, 0.25) is 0 Å². The summed E-state index contributed by atoms with van der Waals surface area (Å²) in [6, 6.07) is 13.6. The molecular weight excluding hydrogens is 400 g/mol. The predicted octanol–water partition coefficient (Wildman–Crippen LogP) is 5.42. The summed E-state index contributed by atoms with van der Waals surface area (Å²) in [4.78, 5) is 33.0. The minimum Gasteiger partial charge on any atom is -0.349 e. The molecule has 5 rings (SSSR count). The number of amides is 2. The van der Waals surface area contributed by atoms with Gasteiger partial charge in [0.05, 0.1) is 11.0 Å². The van der Waals surface area contributed by atoms with Gasteiger partial charge in [-0.1, -0.05) is 44.2 Å². The number of hydrogen-bond acceptors (Lipinski definition) is 3. The van der Waals surface area contributed by atoms with Crippen molar-refractivity contribution < 1.29 is 9.59 Å². The van der Waals surface area contributed by atoms with E-state index in [-0.39, 0.29) is 17.7 Å². The zero-order valence-electron chi connectivity index (χ0n) is 18.3. The van der Waals surface area contributed by atoms with Crippen molar-refractivity contribution in [3.8, 4) is 11.4 Å². The highest BCUT2D eigenvalue weighted by Crippen LogP contribution is 2.27. The maximum atomic E-state index is 12.6. The predicted molar refractivity (Wildman–Crippen MR) is 126 cm³/mol. The monoisotopic (exact) mass is 430 g/mol. The molecule has 6 heteroatoms. The average molecular weight is 431 g/mol. The molecule has 0 atom stereocenters. The third kappa shape index (κ3) is 4.54.